The largest absolute Gasteiger partial charge is 0.271 e. The van der Waals surface area contributed by atoms with Gasteiger partial charge in [-0.05, 0) is 49.6 Å². The van der Waals surface area contributed by atoms with Crippen LogP contribution in [0.3, 0.4) is 0 Å². The van der Waals surface area contributed by atoms with Crippen LogP contribution in [0.2, 0.25) is 0 Å². The van der Waals surface area contributed by atoms with Gasteiger partial charge in [0.05, 0.1) is 12.2 Å². The molecule has 0 radical (unpaired) electrons. The maximum atomic E-state index is 13.0. The number of fused-ring (bicyclic) bond motifs is 1. The van der Waals surface area contributed by atoms with Crippen molar-refractivity contribution < 1.29 is 9.59 Å². The quantitative estimate of drug-likeness (QED) is 0.801. The van der Waals surface area contributed by atoms with Gasteiger partial charge in [0.2, 0.25) is 0 Å². The van der Waals surface area contributed by atoms with Crippen molar-refractivity contribution in [2.75, 3.05) is 4.90 Å². The van der Waals surface area contributed by atoms with Gasteiger partial charge in [-0.1, -0.05) is 41.1 Å². The standard InChI is InChI=1S/C20H20N4O2/c1-12-5-4-6-15(9-12)11-23-18-17(21-22-23)19(25)24(20(18)26)16-8-7-13(2)14(3)10-16/h4-10,17-18H,11H2,1-3H3/t17-,18-/m0/s1. The molecule has 26 heavy (non-hydrogen) atoms. The molecule has 2 heterocycles. The summed E-state index contributed by atoms with van der Waals surface area (Å²) in [5, 5.41) is 9.81. The van der Waals surface area contributed by atoms with Crippen LogP contribution in [0.15, 0.2) is 52.8 Å². The Morgan fingerprint density at radius 1 is 0.962 bits per heavy atom. The molecule has 0 N–H and O–H groups in total. The van der Waals surface area contributed by atoms with Crippen LogP contribution in [-0.2, 0) is 16.1 Å². The van der Waals surface area contributed by atoms with Gasteiger partial charge in [-0.2, -0.15) is 5.11 Å². The van der Waals surface area contributed by atoms with Gasteiger partial charge in [0, 0.05) is 0 Å². The summed E-state index contributed by atoms with van der Waals surface area (Å²) in [4.78, 5) is 27.0. The lowest BCUT2D eigenvalue weighted by Crippen LogP contribution is -2.39. The third kappa shape index (κ3) is 2.58. The van der Waals surface area contributed by atoms with Crippen molar-refractivity contribution in [1.82, 2.24) is 5.01 Å². The molecule has 0 bridgehead atoms. The number of amides is 2. The van der Waals surface area contributed by atoms with Crippen LogP contribution in [-0.4, -0.2) is 28.9 Å². The number of hydrogen-bond donors (Lipinski definition) is 0. The second-order valence-corrected chi connectivity index (χ2v) is 6.96. The molecule has 0 aliphatic carbocycles. The number of carbonyl (C=O) groups excluding carboxylic acids is 2. The van der Waals surface area contributed by atoms with E-state index in [1.807, 2.05) is 57.2 Å². The molecule has 0 spiro atoms. The second-order valence-electron chi connectivity index (χ2n) is 6.96. The Morgan fingerprint density at radius 3 is 2.50 bits per heavy atom. The molecule has 0 saturated carbocycles. The Balaban J connectivity index is 1.62. The molecule has 0 unspecified atom stereocenters. The van der Waals surface area contributed by atoms with Crippen LogP contribution in [0.4, 0.5) is 5.69 Å². The monoisotopic (exact) mass is 348 g/mol. The summed E-state index contributed by atoms with van der Waals surface area (Å²) < 4.78 is 0. The smallest absolute Gasteiger partial charge is 0.263 e. The predicted molar refractivity (Wildman–Crippen MR) is 97.6 cm³/mol. The number of hydrogen-bond acceptors (Lipinski definition) is 5. The fraction of sp³-hybridized carbons (Fsp3) is 0.300. The minimum Gasteiger partial charge on any atom is -0.271 e. The van der Waals surface area contributed by atoms with E-state index in [1.54, 1.807) is 11.1 Å². The van der Waals surface area contributed by atoms with Crippen molar-refractivity contribution >= 4 is 17.5 Å². The van der Waals surface area contributed by atoms with Gasteiger partial charge < -0.3 is 0 Å². The lowest BCUT2D eigenvalue weighted by molar-refractivity contribution is -0.123. The Hall–Kier alpha value is -3.02. The van der Waals surface area contributed by atoms with Gasteiger partial charge in [0.1, 0.15) is 0 Å². The summed E-state index contributed by atoms with van der Waals surface area (Å²) in [5.74, 6) is -0.570. The molecule has 6 heteroatoms. The summed E-state index contributed by atoms with van der Waals surface area (Å²) in [6.07, 6.45) is 0. The lowest BCUT2D eigenvalue weighted by Gasteiger charge is -2.21. The van der Waals surface area contributed by atoms with Gasteiger partial charge in [0.25, 0.3) is 11.8 Å². The number of rotatable bonds is 3. The fourth-order valence-electron chi connectivity index (χ4n) is 3.47. The maximum absolute atomic E-state index is 13.0. The zero-order valence-electron chi connectivity index (χ0n) is 15.0. The first-order valence-corrected chi connectivity index (χ1v) is 8.64. The third-order valence-corrected chi connectivity index (χ3v) is 5.03. The number of benzene rings is 2. The molecule has 4 rings (SSSR count). The summed E-state index contributed by atoms with van der Waals surface area (Å²) in [7, 11) is 0. The Kier molecular flexibility index (Phi) is 3.83. The van der Waals surface area contributed by atoms with E-state index in [0.717, 1.165) is 22.3 Å². The van der Waals surface area contributed by atoms with E-state index in [4.69, 9.17) is 0 Å². The third-order valence-electron chi connectivity index (χ3n) is 5.03. The lowest BCUT2D eigenvalue weighted by atomic mass is 10.1. The van der Waals surface area contributed by atoms with E-state index in [9.17, 15) is 9.59 Å². The van der Waals surface area contributed by atoms with Crippen molar-refractivity contribution in [3.8, 4) is 0 Å². The van der Waals surface area contributed by atoms with Crippen LogP contribution < -0.4 is 4.90 Å². The Morgan fingerprint density at radius 2 is 1.77 bits per heavy atom. The molecular weight excluding hydrogens is 328 g/mol. The van der Waals surface area contributed by atoms with Crippen molar-refractivity contribution in [3.63, 3.8) is 0 Å². The fourth-order valence-corrected chi connectivity index (χ4v) is 3.47. The minimum absolute atomic E-state index is 0.263. The van der Waals surface area contributed by atoms with E-state index in [1.165, 1.54) is 4.90 Å². The first-order valence-electron chi connectivity index (χ1n) is 8.64. The van der Waals surface area contributed by atoms with Crippen LogP contribution in [0.25, 0.3) is 0 Å². The van der Waals surface area contributed by atoms with Gasteiger partial charge in [0.15, 0.2) is 12.1 Å². The number of anilines is 1. The molecule has 132 valence electrons. The maximum Gasteiger partial charge on any atom is 0.263 e. The van der Waals surface area contributed by atoms with Crippen molar-refractivity contribution in [3.05, 3.63) is 64.7 Å². The molecule has 1 saturated heterocycles. The molecule has 0 aromatic heterocycles. The van der Waals surface area contributed by atoms with Gasteiger partial charge in [-0.25, -0.2) is 4.90 Å². The Bertz CT molecular complexity index is 937. The summed E-state index contributed by atoms with van der Waals surface area (Å²) in [5.41, 5.74) is 4.94. The molecule has 2 aliphatic heterocycles. The number of carbonyl (C=O) groups is 2. The zero-order valence-corrected chi connectivity index (χ0v) is 15.0. The predicted octanol–water partition coefficient (Wildman–Crippen LogP) is 3.11. The van der Waals surface area contributed by atoms with Crippen LogP contribution in [0, 0.1) is 20.8 Å². The van der Waals surface area contributed by atoms with Crippen molar-refractivity contribution in [2.24, 2.45) is 10.3 Å². The van der Waals surface area contributed by atoms with Crippen molar-refractivity contribution in [1.29, 1.82) is 0 Å². The van der Waals surface area contributed by atoms with E-state index in [-0.39, 0.29) is 11.8 Å². The van der Waals surface area contributed by atoms with Gasteiger partial charge in [-0.3, -0.25) is 14.6 Å². The van der Waals surface area contributed by atoms with E-state index >= 15 is 0 Å². The number of aryl methyl sites for hydroxylation is 3. The first kappa shape index (κ1) is 16.4. The molecule has 6 nitrogen and oxygen atoms in total. The van der Waals surface area contributed by atoms with Crippen LogP contribution in [0.5, 0.6) is 0 Å². The molecule has 1 fully saturated rings. The SMILES string of the molecule is Cc1cccc(CN2N=N[C@@H]3C(=O)N(c4ccc(C)c(C)c4)C(=O)[C@H]32)c1. The highest BCUT2D eigenvalue weighted by Gasteiger charge is 2.54. The van der Waals surface area contributed by atoms with Gasteiger partial charge >= 0.3 is 0 Å². The first-order chi connectivity index (χ1) is 12.5. The highest BCUT2D eigenvalue weighted by Crippen LogP contribution is 2.33. The normalized spacial score (nSPS) is 21.7. The van der Waals surface area contributed by atoms with Crippen LogP contribution in [0.1, 0.15) is 22.3 Å². The topological polar surface area (TPSA) is 65.3 Å². The van der Waals surface area contributed by atoms with Gasteiger partial charge in [-0.15, -0.1) is 0 Å². The zero-order chi connectivity index (χ0) is 18.4. The summed E-state index contributed by atoms with van der Waals surface area (Å²) >= 11 is 0. The minimum atomic E-state index is -0.756. The van der Waals surface area contributed by atoms with E-state index in [0.29, 0.717) is 12.2 Å². The molecular formula is C20H20N4O2. The number of nitrogens with zero attached hydrogens (tertiary/aromatic N) is 4. The van der Waals surface area contributed by atoms with E-state index in [2.05, 4.69) is 10.3 Å². The second kappa shape index (κ2) is 6.05. The van der Waals surface area contributed by atoms with Crippen LogP contribution >= 0.6 is 0 Å². The molecule has 2 amide bonds. The summed E-state index contributed by atoms with van der Waals surface area (Å²) in [6, 6.07) is 12.2. The highest BCUT2D eigenvalue weighted by atomic mass is 16.2. The van der Waals surface area contributed by atoms with E-state index < -0.39 is 12.1 Å². The average Bonchev–Trinajstić information content (AvgIpc) is 3.11. The average molecular weight is 348 g/mol. The molecule has 2 atom stereocenters. The molecule has 2 aromatic rings. The molecule has 2 aliphatic rings. The molecule has 2 aromatic carbocycles. The Labute approximate surface area is 152 Å². The number of imide groups is 1. The summed E-state index contributed by atoms with van der Waals surface area (Å²) in [6.45, 7) is 6.43. The van der Waals surface area contributed by atoms with Crippen molar-refractivity contribution in [2.45, 2.75) is 39.4 Å². The highest BCUT2D eigenvalue weighted by molar-refractivity contribution is 6.25.